The molecule has 2 aromatic carbocycles. The molecule has 1 N–H and O–H groups in total. The number of ether oxygens (including phenoxy) is 1. The van der Waals surface area contributed by atoms with Crippen LogP contribution in [0.3, 0.4) is 0 Å². The molecule has 0 fully saturated rings. The molecule has 3 heteroatoms. The summed E-state index contributed by atoms with van der Waals surface area (Å²) in [6.45, 7) is 1.98. The Balaban J connectivity index is 1.87. The van der Waals surface area contributed by atoms with Gasteiger partial charge in [0.15, 0.2) is 0 Å². The van der Waals surface area contributed by atoms with E-state index in [4.69, 9.17) is 4.74 Å². The number of hydrogen-bond acceptors (Lipinski definition) is 2. The predicted molar refractivity (Wildman–Crippen MR) is 84.3 cm³/mol. The number of amides is 1. The van der Waals surface area contributed by atoms with E-state index in [2.05, 4.69) is 5.32 Å². The molecule has 2 aromatic rings. The Morgan fingerprint density at radius 2 is 1.90 bits per heavy atom. The van der Waals surface area contributed by atoms with Gasteiger partial charge in [0.25, 0.3) is 0 Å². The first-order valence-electron chi connectivity index (χ1n) is 7.16. The van der Waals surface area contributed by atoms with Crippen LogP contribution in [0.5, 0.6) is 5.75 Å². The summed E-state index contributed by atoms with van der Waals surface area (Å²) in [6.07, 6.45) is 1.26. The van der Waals surface area contributed by atoms with Crippen molar-refractivity contribution in [1.29, 1.82) is 0 Å². The fourth-order valence-electron chi connectivity index (χ4n) is 2.21. The average Bonchev–Trinajstić information content (AvgIpc) is 2.54. The first-order chi connectivity index (χ1) is 10.2. The van der Waals surface area contributed by atoms with Crippen LogP contribution < -0.4 is 10.1 Å². The highest BCUT2D eigenvalue weighted by Gasteiger charge is 2.10. The maximum Gasteiger partial charge on any atom is 0.220 e. The highest BCUT2D eigenvalue weighted by atomic mass is 16.5. The van der Waals surface area contributed by atoms with Crippen molar-refractivity contribution in [3.05, 3.63) is 65.7 Å². The Labute approximate surface area is 126 Å². The molecule has 0 aliphatic heterocycles. The van der Waals surface area contributed by atoms with Gasteiger partial charge in [0.1, 0.15) is 5.75 Å². The van der Waals surface area contributed by atoms with Crippen LogP contribution in [0.4, 0.5) is 0 Å². The number of methoxy groups -OCH3 is 1. The van der Waals surface area contributed by atoms with Crippen molar-refractivity contribution in [3.63, 3.8) is 0 Å². The number of nitrogens with one attached hydrogen (secondary N) is 1. The van der Waals surface area contributed by atoms with Crippen LogP contribution in [-0.2, 0) is 11.2 Å². The minimum atomic E-state index is -0.0247. The number of hydrogen-bond donors (Lipinski definition) is 1. The van der Waals surface area contributed by atoms with Crippen LogP contribution >= 0.6 is 0 Å². The summed E-state index contributed by atoms with van der Waals surface area (Å²) in [5, 5.41) is 3.02. The summed E-state index contributed by atoms with van der Waals surface area (Å²) in [5.41, 5.74) is 2.23. The normalized spacial score (nSPS) is 11.7. The summed E-state index contributed by atoms with van der Waals surface area (Å²) in [6, 6.07) is 17.8. The molecule has 21 heavy (non-hydrogen) atoms. The molecule has 110 valence electrons. The van der Waals surface area contributed by atoms with Crippen LogP contribution in [0.25, 0.3) is 0 Å². The summed E-state index contributed by atoms with van der Waals surface area (Å²) in [4.78, 5) is 12.0. The molecule has 0 saturated heterocycles. The second kappa shape index (κ2) is 7.48. The topological polar surface area (TPSA) is 38.3 Å². The van der Waals surface area contributed by atoms with Gasteiger partial charge < -0.3 is 10.1 Å². The van der Waals surface area contributed by atoms with Crippen LogP contribution in [0.2, 0.25) is 0 Å². The van der Waals surface area contributed by atoms with Crippen molar-refractivity contribution in [2.24, 2.45) is 0 Å². The first-order valence-corrected chi connectivity index (χ1v) is 7.16. The summed E-state index contributed by atoms with van der Waals surface area (Å²) < 4.78 is 5.20. The fourth-order valence-corrected chi connectivity index (χ4v) is 2.21. The smallest absolute Gasteiger partial charge is 0.220 e. The van der Waals surface area contributed by atoms with Gasteiger partial charge >= 0.3 is 0 Å². The maximum atomic E-state index is 12.0. The molecular formula is C18H21NO2. The van der Waals surface area contributed by atoms with E-state index in [0.717, 1.165) is 17.7 Å². The van der Waals surface area contributed by atoms with Gasteiger partial charge in [-0.15, -0.1) is 0 Å². The monoisotopic (exact) mass is 283 g/mol. The van der Waals surface area contributed by atoms with Crippen molar-refractivity contribution >= 4 is 5.91 Å². The molecule has 0 aliphatic rings. The number of aryl methyl sites for hydroxylation is 1. The number of benzene rings is 2. The largest absolute Gasteiger partial charge is 0.497 e. The second-order valence-corrected chi connectivity index (χ2v) is 5.05. The zero-order valence-electron chi connectivity index (χ0n) is 12.5. The van der Waals surface area contributed by atoms with E-state index >= 15 is 0 Å². The van der Waals surface area contributed by atoms with E-state index in [1.807, 2.05) is 61.5 Å². The standard InChI is InChI=1S/C18H21NO2/c1-14(16-9-6-10-17(13-16)21-2)19-18(20)12-11-15-7-4-3-5-8-15/h3-10,13-14H,11-12H2,1-2H3,(H,19,20)/t14-/m0/s1. The highest BCUT2D eigenvalue weighted by Crippen LogP contribution is 2.18. The van der Waals surface area contributed by atoms with Gasteiger partial charge in [-0.25, -0.2) is 0 Å². The van der Waals surface area contributed by atoms with E-state index in [-0.39, 0.29) is 11.9 Å². The van der Waals surface area contributed by atoms with Gasteiger partial charge in [-0.1, -0.05) is 42.5 Å². The Morgan fingerprint density at radius 1 is 1.14 bits per heavy atom. The van der Waals surface area contributed by atoms with Crippen molar-refractivity contribution in [2.75, 3.05) is 7.11 Å². The minimum absolute atomic E-state index is 0.0247. The number of rotatable bonds is 6. The molecule has 0 aromatic heterocycles. The van der Waals surface area contributed by atoms with Gasteiger partial charge in [0.2, 0.25) is 5.91 Å². The third-order valence-electron chi connectivity index (χ3n) is 3.45. The lowest BCUT2D eigenvalue weighted by atomic mass is 10.1. The minimum Gasteiger partial charge on any atom is -0.497 e. The van der Waals surface area contributed by atoms with Gasteiger partial charge in [-0.3, -0.25) is 4.79 Å². The molecule has 1 amide bonds. The van der Waals surface area contributed by atoms with Crippen molar-refractivity contribution in [1.82, 2.24) is 5.32 Å². The van der Waals surface area contributed by atoms with E-state index in [1.54, 1.807) is 7.11 Å². The molecule has 1 atom stereocenters. The Kier molecular flexibility index (Phi) is 5.38. The molecule has 0 heterocycles. The molecule has 3 nitrogen and oxygen atoms in total. The molecule has 0 spiro atoms. The van der Waals surface area contributed by atoms with Crippen LogP contribution in [-0.4, -0.2) is 13.0 Å². The van der Waals surface area contributed by atoms with Gasteiger partial charge in [0.05, 0.1) is 13.2 Å². The summed E-state index contributed by atoms with van der Waals surface area (Å²) in [7, 11) is 1.64. The van der Waals surface area contributed by atoms with Crippen molar-refractivity contribution < 1.29 is 9.53 Å². The molecule has 2 rings (SSSR count). The van der Waals surface area contributed by atoms with Gasteiger partial charge in [-0.2, -0.15) is 0 Å². The van der Waals surface area contributed by atoms with Gasteiger partial charge in [-0.05, 0) is 36.6 Å². The highest BCUT2D eigenvalue weighted by molar-refractivity contribution is 5.76. The zero-order valence-corrected chi connectivity index (χ0v) is 12.5. The predicted octanol–water partition coefficient (Wildman–Crippen LogP) is 3.51. The molecule has 0 unspecified atom stereocenters. The number of carbonyl (C=O) groups excluding carboxylic acids is 1. The lowest BCUT2D eigenvalue weighted by Gasteiger charge is -2.15. The van der Waals surface area contributed by atoms with E-state index < -0.39 is 0 Å². The van der Waals surface area contributed by atoms with Crippen molar-refractivity contribution in [3.8, 4) is 5.75 Å². The van der Waals surface area contributed by atoms with Crippen LogP contribution in [0, 0.1) is 0 Å². The Hall–Kier alpha value is -2.29. The Bertz CT molecular complexity index is 581. The third-order valence-corrected chi connectivity index (χ3v) is 3.45. The molecule has 0 bridgehead atoms. The van der Waals surface area contributed by atoms with Crippen LogP contribution in [0.1, 0.15) is 30.5 Å². The third kappa shape index (κ3) is 4.63. The van der Waals surface area contributed by atoms with E-state index in [1.165, 1.54) is 5.56 Å². The quantitative estimate of drug-likeness (QED) is 0.881. The van der Waals surface area contributed by atoms with Crippen molar-refractivity contribution in [2.45, 2.75) is 25.8 Å². The lowest BCUT2D eigenvalue weighted by molar-refractivity contribution is -0.121. The fraction of sp³-hybridized carbons (Fsp3) is 0.278. The zero-order chi connectivity index (χ0) is 15.1. The Morgan fingerprint density at radius 3 is 2.62 bits per heavy atom. The second-order valence-electron chi connectivity index (χ2n) is 5.05. The molecule has 0 aliphatic carbocycles. The first kappa shape index (κ1) is 15.1. The maximum absolute atomic E-state index is 12.0. The SMILES string of the molecule is COc1cccc([C@H](C)NC(=O)CCc2ccccc2)c1. The van der Waals surface area contributed by atoms with E-state index in [9.17, 15) is 4.79 Å². The molecular weight excluding hydrogens is 262 g/mol. The van der Waals surface area contributed by atoms with Gasteiger partial charge in [0, 0.05) is 6.42 Å². The van der Waals surface area contributed by atoms with E-state index in [0.29, 0.717) is 6.42 Å². The molecule has 0 radical (unpaired) electrons. The summed E-state index contributed by atoms with van der Waals surface area (Å²) in [5.74, 6) is 0.868. The number of carbonyl (C=O) groups is 1. The average molecular weight is 283 g/mol. The molecule has 0 saturated carbocycles. The summed E-state index contributed by atoms with van der Waals surface area (Å²) >= 11 is 0. The lowest BCUT2D eigenvalue weighted by Crippen LogP contribution is -2.26. The van der Waals surface area contributed by atoms with Crippen LogP contribution in [0.15, 0.2) is 54.6 Å².